The zero-order chi connectivity index (χ0) is 12.1. The second-order valence-corrected chi connectivity index (χ2v) is 5.44. The van der Waals surface area contributed by atoms with Crippen molar-refractivity contribution in [1.82, 2.24) is 5.32 Å². The van der Waals surface area contributed by atoms with Gasteiger partial charge in [-0.05, 0) is 44.2 Å². The maximum Gasteiger partial charge on any atom is 0.00787 e. The Balaban J connectivity index is 1.68. The van der Waals surface area contributed by atoms with Crippen LogP contribution in [0.3, 0.4) is 0 Å². The van der Waals surface area contributed by atoms with Crippen LogP contribution >= 0.6 is 0 Å². The van der Waals surface area contributed by atoms with Gasteiger partial charge in [0.15, 0.2) is 0 Å². The van der Waals surface area contributed by atoms with E-state index in [0.717, 1.165) is 12.0 Å². The number of unbranched alkanes of at least 4 members (excludes halogenated alkanes) is 2. The number of hydrogen-bond acceptors (Lipinski definition) is 1. The number of rotatable bonds is 6. The van der Waals surface area contributed by atoms with E-state index in [1.54, 1.807) is 0 Å². The van der Waals surface area contributed by atoms with Crippen LogP contribution in [0.5, 0.6) is 0 Å². The molecule has 0 heterocycles. The molecule has 1 saturated carbocycles. The standard InChI is InChI=1S/C16H25N/c1-3-4-5-9-17-16-11-15(12-16)14-8-6-7-13(2)10-14/h6-8,10,15-17H,3-5,9,11-12H2,1-2H3. The Kier molecular flexibility index (Phi) is 4.61. The molecular weight excluding hydrogens is 206 g/mol. The van der Waals surface area contributed by atoms with E-state index in [1.165, 1.54) is 49.8 Å². The molecule has 0 radical (unpaired) electrons. The van der Waals surface area contributed by atoms with Crippen LogP contribution in [-0.2, 0) is 0 Å². The van der Waals surface area contributed by atoms with Crippen molar-refractivity contribution in [2.24, 2.45) is 0 Å². The summed E-state index contributed by atoms with van der Waals surface area (Å²) in [4.78, 5) is 0. The van der Waals surface area contributed by atoms with Gasteiger partial charge in [-0.1, -0.05) is 49.6 Å². The van der Waals surface area contributed by atoms with E-state index in [2.05, 4.69) is 43.4 Å². The van der Waals surface area contributed by atoms with Crippen molar-refractivity contribution in [3.63, 3.8) is 0 Å². The van der Waals surface area contributed by atoms with Crippen molar-refractivity contribution < 1.29 is 0 Å². The van der Waals surface area contributed by atoms with Crippen LogP contribution in [-0.4, -0.2) is 12.6 Å². The molecule has 0 amide bonds. The Morgan fingerprint density at radius 2 is 2.06 bits per heavy atom. The van der Waals surface area contributed by atoms with Gasteiger partial charge in [0.2, 0.25) is 0 Å². The van der Waals surface area contributed by atoms with Crippen LogP contribution in [0.2, 0.25) is 0 Å². The van der Waals surface area contributed by atoms with Crippen LogP contribution in [0.4, 0.5) is 0 Å². The second-order valence-electron chi connectivity index (χ2n) is 5.44. The van der Waals surface area contributed by atoms with Gasteiger partial charge in [0, 0.05) is 6.04 Å². The summed E-state index contributed by atoms with van der Waals surface area (Å²) >= 11 is 0. The molecule has 0 unspecified atom stereocenters. The zero-order valence-corrected chi connectivity index (χ0v) is 11.2. The largest absolute Gasteiger partial charge is 0.314 e. The van der Waals surface area contributed by atoms with Gasteiger partial charge in [0.25, 0.3) is 0 Å². The third-order valence-corrected chi connectivity index (χ3v) is 3.86. The van der Waals surface area contributed by atoms with Crippen LogP contribution in [0.15, 0.2) is 24.3 Å². The first kappa shape index (κ1) is 12.6. The van der Waals surface area contributed by atoms with E-state index in [1.807, 2.05) is 0 Å². The molecule has 0 spiro atoms. The minimum atomic E-state index is 0.775. The number of aryl methyl sites for hydroxylation is 1. The van der Waals surface area contributed by atoms with Gasteiger partial charge in [0.05, 0.1) is 0 Å². The molecule has 1 aliphatic carbocycles. The van der Waals surface area contributed by atoms with Crippen LogP contribution in [0.25, 0.3) is 0 Å². The molecule has 17 heavy (non-hydrogen) atoms. The van der Waals surface area contributed by atoms with Crippen molar-refractivity contribution >= 4 is 0 Å². The van der Waals surface area contributed by atoms with Gasteiger partial charge in [0.1, 0.15) is 0 Å². The molecule has 1 nitrogen and oxygen atoms in total. The molecule has 1 heteroatoms. The summed E-state index contributed by atoms with van der Waals surface area (Å²) in [5.41, 5.74) is 2.93. The maximum absolute atomic E-state index is 3.67. The molecule has 0 aromatic heterocycles. The molecule has 1 aliphatic rings. The van der Waals surface area contributed by atoms with Gasteiger partial charge < -0.3 is 5.32 Å². The topological polar surface area (TPSA) is 12.0 Å². The zero-order valence-electron chi connectivity index (χ0n) is 11.2. The molecule has 94 valence electrons. The molecule has 1 N–H and O–H groups in total. The van der Waals surface area contributed by atoms with Gasteiger partial charge >= 0.3 is 0 Å². The number of hydrogen-bond donors (Lipinski definition) is 1. The lowest BCUT2D eigenvalue weighted by Gasteiger charge is -2.36. The van der Waals surface area contributed by atoms with Crippen LogP contribution < -0.4 is 5.32 Å². The molecule has 0 bridgehead atoms. The smallest absolute Gasteiger partial charge is 0.00787 e. The SMILES string of the molecule is CCCCCNC1CC(c2cccc(C)c2)C1. The fourth-order valence-electron chi connectivity index (χ4n) is 2.66. The third-order valence-electron chi connectivity index (χ3n) is 3.86. The second kappa shape index (κ2) is 6.20. The van der Waals surface area contributed by atoms with E-state index in [9.17, 15) is 0 Å². The van der Waals surface area contributed by atoms with Crippen molar-refractivity contribution in [1.29, 1.82) is 0 Å². The van der Waals surface area contributed by atoms with Gasteiger partial charge in [-0.2, -0.15) is 0 Å². The fraction of sp³-hybridized carbons (Fsp3) is 0.625. The first-order valence-electron chi connectivity index (χ1n) is 7.09. The molecule has 1 fully saturated rings. The quantitative estimate of drug-likeness (QED) is 0.729. The molecule has 1 aromatic carbocycles. The normalized spacial score (nSPS) is 23.4. The maximum atomic E-state index is 3.67. The Morgan fingerprint density at radius 3 is 2.76 bits per heavy atom. The highest BCUT2D eigenvalue weighted by Crippen LogP contribution is 2.36. The first-order valence-corrected chi connectivity index (χ1v) is 7.09. The summed E-state index contributed by atoms with van der Waals surface area (Å²) in [5, 5.41) is 3.67. The third kappa shape index (κ3) is 3.57. The lowest BCUT2D eigenvalue weighted by atomic mass is 9.75. The van der Waals surface area contributed by atoms with Gasteiger partial charge in [-0.3, -0.25) is 0 Å². The van der Waals surface area contributed by atoms with Crippen molar-refractivity contribution in [3.05, 3.63) is 35.4 Å². The van der Waals surface area contributed by atoms with Crippen molar-refractivity contribution in [2.45, 2.75) is 57.9 Å². The van der Waals surface area contributed by atoms with Crippen molar-refractivity contribution in [3.8, 4) is 0 Å². The summed E-state index contributed by atoms with van der Waals surface area (Å²) in [6.45, 7) is 5.65. The highest BCUT2D eigenvalue weighted by molar-refractivity contribution is 5.27. The molecule has 2 rings (SSSR count). The average molecular weight is 231 g/mol. The van der Waals surface area contributed by atoms with E-state index >= 15 is 0 Å². The molecule has 0 aliphatic heterocycles. The molecular formula is C16H25N. The van der Waals surface area contributed by atoms with E-state index in [0.29, 0.717) is 0 Å². The lowest BCUT2D eigenvalue weighted by Crippen LogP contribution is -2.40. The Bertz CT molecular complexity index is 339. The van der Waals surface area contributed by atoms with Gasteiger partial charge in [-0.15, -0.1) is 0 Å². The summed E-state index contributed by atoms with van der Waals surface area (Å²) in [6, 6.07) is 9.77. The summed E-state index contributed by atoms with van der Waals surface area (Å²) in [7, 11) is 0. The Labute approximate surface area is 106 Å². The minimum absolute atomic E-state index is 0.775. The average Bonchev–Trinajstić information content (AvgIpc) is 2.26. The summed E-state index contributed by atoms with van der Waals surface area (Å²) in [6.07, 6.45) is 6.67. The van der Waals surface area contributed by atoms with E-state index < -0.39 is 0 Å². The minimum Gasteiger partial charge on any atom is -0.314 e. The van der Waals surface area contributed by atoms with Crippen LogP contribution in [0.1, 0.15) is 56.1 Å². The van der Waals surface area contributed by atoms with E-state index in [4.69, 9.17) is 0 Å². The lowest BCUT2D eigenvalue weighted by molar-refractivity contribution is 0.290. The molecule has 0 saturated heterocycles. The van der Waals surface area contributed by atoms with Gasteiger partial charge in [-0.25, -0.2) is 0 Å². The van der Waals surface area contributed by atoms with Crippen LogP contribution in [0, 0.1) is 6.92 Å². The summed E-state index contributed by atoms with van der Waals surface area (Å²) < 4.78 is 0. The van der Waals surface area contributed by atoms with Crippen molar-refractivity contribution in [2.75, 3.05) is 6.54 Å². The predicted molar refractivity (Wildman–Crippen MR) is 74.5 cm³/mol. The Hall–Kier alpha value is -0.820. The predicted octanol–water partition coefficient (Wildman–Crippen LogP) is 4.02. The fourth-order valence-corrected chi connectivity index (χ4v) is 2.66. The number of benzene rings is 1. The Morgan fingerprint density at radius 1 is 1.24 bits per heavy atom. The molecule has 0 atom stereocenters. The summed E-state index contributed by atoms with van der Waals surface area (Å²) in [5.74, 6) is 0.804. The highest BCUT2D eigenvalue weighted by Gasteiger charge is 2.29. The van der Waals surface area contributed by atoms with E-state index in [-0.39, 0.29) is 0 Å². The highest BCUT2D eigenvalue weighted by atomic mass is 14.9. The first-order chi connectivity index (χ1) is 8.29. The monoisotopic (exact) mass is 231 g/mol. The number of nitrogens with one attached hydrogen (secondary N) is 1. The molecule has 1 aromatic rings.